The van der Waals surface area contributed by atoms with Crippen LogP contribution in [0.15, 0.2) is 65.4 Å². The Morgan fingerprint density at radius 3 is 2.76 bits per heavy atom. The van der Waals surface area contributed by atoms with Crippen molar-refractivity contribution in [2.24, 2.45) is 0 Å². The fourth-order valence-corrected chi connectivity index (χ4v) is 5.40. The van der Waals surface area contributed by atoms with Gasteiger partial charge >= 0.3 is 0 Å². The number of carbonyl (C=O) groups excluding carboxylic acids is 1. The monoisotopic (exact) mass is 449 g/mol. The molecule has 0 aliphatic carbocycles. The third-order valence-corrected chi connectivity index (χ3v) is 7.09. The third-order valence-electron chi connectivity index (χ3n) is 6.56. The van der Waals surface area contributed by atoms with E-state index in [0.29, 0.717) is 12.5 Å². The maximum absolute atomic E-state index is 13.1. The smallest absolute Gasteiger partial charge is 0.222 e. The first-order chi connectivity index (χ1) is 14.1. The fourth-order valence-electron chi connectivity index (χ4n) is 5.13. The minimum Gasteiger partial charge on any atom is -0.340 e. The second-order valence-corrected chi connectivity index (χ2v) is 9.03. The molecule has 29 heavy (non-hydrogen) atoms. The molecule has 2 aromatic carbocycles. The molecule has 1 amide bonds. The molecule has 5 heteroatoms. The Bertz CT molecular complexity index is 1060. The Labute approximate surface area is 179 Å². The van der Waals surface area contributed by atoms with Crippen LogP contribution in [0, 0.1) is 0 Å². The Kier molecular flexibility index (Phi) is 4.58. The van der Waals surface area contributed by atoms with Crippen LogP contribution < -0.4 is 0 Å². The molecule has 1 saturated heterocycles. The zero-order valence-corrected chi connectivity index (χ0v) is 18.1. The molecule has 1 fully saturated rings. The highest BCUT2D eigenvalue weighted by Crippen LogP contribution is 2.49. The summed E-state index contributed by atoms with van der Waals surface area (Å²) in [5.41, 5.74) is 3.16. The van der Waals surface area contributed by atoms with Gasteiger partial charge in [-0.1, -0.05) is 52.3 Å². The average Bonchev–Trinajstić information content (AvgIpc) is 3.44. The van der Waals surface area contributed by atoms with E-state index in [4.69, 9.17) is 0 Å². The van der Waals surface area contributed by atoms with E-state index in [1.54, 1.807) is 0 Å². The molecule has 0 bridgehead atoms. The van der Waals surface area contributed by atoms with E-state index >= 15 is 0 Å². The SMILES string of the molecule is CC1CCCN1C(=O)CCC1(c2ccc(Br)cc2)c2ccccc2-c2nccn21. The normalized spacial score (nSPS) is 22.6. The lowest BCUT2D eigenvalue weighted by molar-refractivity contribution is -0.132. The van der Waals surface area contributed by atoms with Gasteiger partial charge in [-0.05, 0) is 49.4 Å². The summed E-state index contributed by atoms with van der Waals surface area (Å²) in [7, 11) is 0. The van der Waals surface area contributed by atoms with Gasteiger partial charge in [-0.25, -0.2) is 4.98 Å². The largest absolute Gasteiger partial charge is 0.340 e. The summed E-state index contributed by atoms with van der Waals surface area (Å²) in [6.45, 7) is 3.05. The van der Waals surface area contributed by atoms with Gasteiger partial charge in [0.25, 0.3) is 0 Å². The van der Waals surface area contributed by atoms with Gasteiger partial charge < -0.3 is 9.47 Å². The predicted molar refractivity (Wildman–Crippen MR) is 118 cm³/mol. The van der Waals surface area contributed by atoms with Crippen LogP contribution >= 0.6 is 15.9 Å². The van der Waals surface area contributed by atoms with Crippen molar-refractivity contribution in [2.45, 2.75) is 44.2 Å². The van der Waals surface area contributed by atoms with Crippen molar-refractivity contribution in [3.63, 3.8) is 0 Å². The Hall–Kier alpha value is -2.40. The molecule has 0 radical (unpaired) electrons. The maximum atomic E-state index is 13.1. The van der Waals surface area contributed by atoms with Crippen LogP contribution in [-0.4, -0.2) is 32.9 Å². The van der Waals surface area contributed by atoms with E-state index in [1.165, 1.54) is 11.1 Å². The molecule has 1 aromatic heterocycles. The second kappa shape index (κ2) is 7.13. The third kappa shape index (κ3) is 2.86. The standard InChI is InChI=1S/C24H24BrN3O/c1-17-5-4-15-27(17)22(29)12-13-24(18-8-10-19(25)11-9-18)21-7-3-2-6-20(21)23-26-14-16-28(23)24/h2-3,6-11,14,16-17H,4-5,12-13,15H2,1H3. The summed E-state index contributed by atoms with van der Waals surface area (Å²) < 4.78 is 3.32. The van der Waals surface area contributed by atoms with Crippen LogP contribution in [0.5, 0.6) is 0 Å². The summed E-state index contributed by atoms with van der Waals surface area (Å²) in [6, 6.07) is 17.3. The van der Waals surface area contributed by atoms with E-state index in [9.17, 15) is 4.79 Å². The van der Waals surface area contributed by atoms with Gasteiger partial charge in [0.2, 0.25) is 5.91 Å². The Morgan fingerprint density at radius 2 is 2.00 bits per heavy atom. The van der Waals surface area contributed by atoms with Crippen molar-refractivity contribution in [1.82, 2.24) is 14.5 Å². The average molecular weight is 450 g/mol. The lowest BCUT2D eigenvalue weighted by Gasteiger charge is -2.34. The van der Waals surface area contributed by atoms with Crippen LogP contribution in [0.1, 0.15) is 43.7 Å². The van der Waals surface area contributed by atoms with Gasteiger partial charge in [0.15, 0.2) is 0 Å². The Balaban J connectivity index is 1.60. The molecule has 2 atom stereocenters. The van der Waals surface area contributed by atoms with Gasteiger partial charge in [-0.3, -0.25) is 4.79 Å². The number of amides is 1. The molecule has 0 spiro atoms. The molecule has 2 aliphatic rings. The predicted octanol–water partition coefficient (Wildman–Crippen LogP) is 5.21. The van der Waals surface area contributed by atoms with Crippen molar-refractivity contribution in [1.29, 1.82) is 0 Å². The maximum Gasteiger partial charge on any atom is 0.222 e. The molecular formula is C24H24BrN3O. The Morgan fingerprint density at radius 1 is 1.21 bits per heavy atom. The number of nitrogens with zero attached hydrogens (tertiary/aromatic N) is 3. The van der Waals surface area contributed by atoms with Crippen molar-refractivity contribution in [3.8, 4) is 11.4 Å². The van der Waals surface area contributed by atoms with E-state index in [0.717, 1.165) is 41.7 Å². The van der Waals surface area contributed by atoms with E-state index in [-0.39, 0.29) is 5.91 Å². The molecule has 3 heterocycles. The highest BCUT2D eigenvalue weighted by Gasteiger charge is 2.45. The summed E-state index contributed by atoms with van der Waals surface area (Å²) in [6.07, 6.45) is 7.38. The molecular weight excluding hydrogens is 426 g/mol. The summed E-state index contributed by atoms with van der Waals surface area (Å²) >= 11 is 3.56. The van der Waals surface area contributed by atoms with Crippen LogP contribution in [0.4, 0.5) is 0 Å². The molecule has 0 saturated carbocycles. The van der Waals surface area contributed by atoms with E-state index < -0.39 is 5.54 Å². The first-order valence-corrected chi connectivity index (χ1v) is 11.1. The van der Waals surface area contributed by atoms with Gasteiger partial charge in [0, 0.05) is 41.4 Å². The number of halogens is 1. The van der Waals surface area contributed by atoms with Crippen molar-refractivity contribution >= 4 is 21.8 Å². The lowest BCUT2D eigenvalue weighted by Crippen LogP contribution is -2.38. The van der Waals surface area contributed by atoms with Crippen LogP contribution in [0.3, 0.4) is 0 Å². The number of imidazole rings is 1. The molecule has 2 unspecified atom stereocenters. The van der Waals surface area contributed by atoms with Crippen molar-refractivity contribution < 1.29 is 4.79 Å². The lowest BCUT2D eigenvalue weighted by atomic mass is 9.79. The number of rotatable bonds is 4. The quantitative estimate of drug-likeness (QED) is 0.548. The fraction of sp³-hybridized carbons (Fsp3) is 0.333. The number of carbonyl (C=O) groups is 1. The summed E-state index contributed by atoms with van der Waals surface area (Å²) in [5, 5.41) is 0. The number of hydrogen-bond donors (Lipinski definition) is 0. The second-order valence-electron chi connectivity index (χ2n) is 8.11. The zero-order chi connectivity index (χ0) is 20.0. The number of likely N-dealkylation sites (tertiary alicyclic amines) is 1. The van der Waals surface area contributed by atoms with Gasteiger partial charge in [0.05, 0.1) is 5.54 Å². The van der Waals surface area contributed by atoms with Crippen LogP contribution in [-0.2, 0) is 10.3 Å². The summed E-state index contributed by atoms with van der Waals surface area (Å²) in [4.78, 5) is 19.8. The van der Waals surface area contributed by atoms with Crippen LogP contribution in [0.2, 0.25) is 0 Å². The minimum absolute atomic E-state index is 0.262. The molecule has 148 valence electrons. The first kappa shape index (κ1) is 18.6. The minimum atomic E-state index is -0.415. The zero-order valence-electron chi connectivity index (χ0n) is 16.5. The number of fused-ring (bicyclic) bond motifs is 3. The highest BCUT2D eigenvalue weighted by molar-refractivity contribution is 9.10. The first-order valence-electron chi connectivity index (χ1n) is 10.3. The van der Waals surface area contributed by atoms with E-state index in [1.807, 2.05) is 6.20 Å². The van der Waals surface area contributed by atoms with E-state index in [2.05, 4.69) is 92.0 Å². The molecule has 4 nitrogen and oxygen atoms in total. The molecule has 3 aromatic rings. The van der Waals surface area contributed by atoms with Crippen molar-refractivity contribution in [3.05, 3.63) is 76.5 Å². The summed E-state index contributed by atoms with van der Waals surface area (Å²) in [5.74, 6) is 1.24. The van der Waals surface area contributed by atoms with Gasteiger partial charge in [0.1, 0.15) is 5.82 Å². The van der Waals surface area contributed by atoms with Gasteiger partial charge in [-0.2, -0.15) is 0 Å². The van der Waals surface area contributed by atoms with Crippen LogP contribution in [0.25, 0.3) is 11.4 Å². The number of benzene rings is 2. The topological polar surface area (TPSA) is 38.1 Å². The highest BCUT2D eigenvalue weighted by atomic mass is 79.9. The molecule has 0 N–H and O–H groups in total. The molecule has 2 aliphatic heterocycles. The molecule has 5 rings (SSSR count). The number of hydrogen-bond acceptors (Lipinski definition) is 2. The number of aromatic nitrogens is 2. The van der Waals surface area contributed by atoms with Crippen molar-refractivity contribution in [2.75, 3.05) is 6.54 Å². The van der Waals surface area contributed by atoms with Gasteiger partial charge in [-0.15, -0.1) is 0 Å².